The van der Waals surface area contributed by atoms with Gasteiger partial charge in [0.05, 0.1) is 5.56 Å². The fourth-order valence-electron chi connectivity index (χ4n) is 2.40. The molecule has 2 aromatic heterocycles. The number of anilines is 1. The molecule has 0 aliphatic heterocycles. The maximum atomic E-state index is 12.7. The lowest BCUT2D eigenvalue weighted by atomic mass is 10.1. The minimum atomic E-state index is -4.42. The van der Waals surface area contributed by atoms with Crippen LogP contribution in [0.15, 0.2) is 36.7 Å². The highest BCUT2D eigenvalue weighted by atomic mass is 19.4. The molecule has 0 aliphatic rings. The molecule has 0 saturated heterocycles. The summed E-state index contributed by atoms with van der Waals surface area (Å²) in [7, 11) is 3.58. The van der Waals surface area contributed by atoms with E-state index >= 15 is 0 Å². The SMILES string of the molecule is CN(C)c1ncc(C(=O)NCc2ccc3[nH]c(C(F)(F)F)cc3c2)cn1. The molecule has 0 fully saturated rings. The molecule has 0 radical (unpaired) electrons. The second-order valence-corrected chi connectivity index (χ2v) is 5.95. The van der Waals surface area contributed by atoms with Crippen molar-refractivity contribution in [3.05, 3.63) is 53.5 Å². The van der Waals surface area contributed by atoms with E-state index in [1.54, 1.807) is 37.2 Å². The smallest absolute Gasteiger partial charge is 0.351 e. The van der Waals surface area contributed by atoms with Crippen LogP contribution in [-0.4, -0.2) is 35.0 Å². The number of aromatic nitrogens is 3. The van der Waals surface area contributed by atoms with E-state index in [2.05, 4.69) is 20.3 Å². The Labute approximate surface area is 147 Å². The van der Waals surface area contributed by atoms with Crippen molar-refractivity contribution in [3.8, 4) is 0 Å². The Hall–Kier alpha value is -3.10. The number of aromatic amines is 1. The predicted molar refractivity (Wildman–Crippen MR) is 90.8 cm³/mol. The Morgan fingerprint density at radius 2 is 1.88 bits per heavy atom. The third-order valence-corrected chi connectivity index (χ3v) is 3.74. The number of carbonyl (C=O) groups excluding carboxylic acids is 1. The van der Waals surface area contributed by atoms with Crippen LogP contribution in [0.3, 0.4) is 0 Å². The number of hydrogen-bond acceptors (Lipinski definition) is 4. The highest BCUT2D eigenvalue weighted by molar-refractivity contribution is 5.93. The highest BCUT2D eigenvalue weighted by Gasteiger charge is 2.32. The molecule has 3 rings (SSSR count). The van der Waals surface area contributed by atoms with Crippen LogP contribution in [0.5, 0.6) is 0 Å². The second kappa shape index (κ2) is 6.66. The van der Waals surface area contributed by atoms with Gasteiger partial charge in [0, 0.05) is 43.9 Å². The van der Waals surface area contributed by atoms with Crippen LogP contribution >= 0.6 is 0 Å². The van der Waals surface area contributed by atoms with Crippen molar-refractivity contribution < 1.29 is 18.0 Å². The Kier molecular flexibility index (Phi) is 4.54. The topological polar surface area (TPSA) is 73.9 Å². The summed E-state index contributed by atoms with van der Waals surface area (Å²) in [4.78, 5) is 24.3. The molecule has 2 heterocycles. The molecule has 0 spiro atoms. The van der Waals surface area contributed by atoms with Gasteiger partial charge in [-0.15, -0.1) is 0 Å². The average molecular weight is 363 g/mol. The maximum absolute atomic E-state index is 12.7. The van der Waals surface area contributed by atoms with E-state index in [9.17, 15) is 18.0 Å². The van der Waals surface area contributed by atoms with Gasteiger partial charge in [0.25, 0.3) is 5.91 Å². The summed E-state index contributed by atoms with van der Waals surface area (Å²) in [6.07, 6.45) is -1.59. The predicted octanol–water partition coefficient (Wildman–Crippen LogP) is 2.97. The summed E-state index contributed by atoms with van der Waals surface area (Å²) in [6, 6.07) is 5.87. The first kappa shape index (κ1) is 17.7. The first-order valence-electron chi connectivity index (χ1n) is 7.70. The highest BCUT2D eigenvalue weighted by Crippen LogP contribution is 2.31. The van der Waals surface area contributed by atoms with Gasteiger partial charge in [-0.1, -0.05) is 6.07 Å². The molecule has 1 amide bonds. The van der Waals surface area contributed by atoms with Crippen LogP contribution in [-0.2, 0) is 12.7 Å². The number of rotatable bonds is 4. The van der Waals surface area contributed by atoms with Crippen molar-refractivity contribution in [2.45, 2.75) is 12.7 Å². The van der Waals surface area contributed by atoms with E-state index in [1.807, 2.05) is 0 Å². The number of H-pyrrole nitrogens is 1. The third-order valence-electron chi connectivity index (χ3n) is 3.74. The molecule has 136 valence electrons. The monoisotopic (exact) mass is 363 g/mol. The third kappa shape index (κ3) is 3.76. The first-order valence-corrected chi connectivity index (χ1v) is 7.70. The van der Waals surface area contributed by atoms with Gasteiger partial charge in [-0.05, 0) is 23.8 Å². The summed E-state index contributed by atoms with van der Waals surface area (Å²) in [5.74, 6) is 0.125. The molecule has 2 N–H and O–H groups in total. The van der Waals surface area contributed by atoms with Gasteiger partial charge in [-0.3, -0.25) is 4.79 Å². The van der Waals surface area contributed by atoms with Crippen LogP contribution in [0, 0.1) is 0 Å². The largest absolute Gasteiger partial charge is 0.431 e. The molecule has 9 heteroatoms. The summed E-state index contributed by atoms with van der Waals surface area (Å²) < 4.78 is 38.2. The molecule has 6 nitrogen and oxygen atoms in total. The number of benzene rings is 1. The van der Waals surface area contributed by atoms with Gasteiger partial charge in [0.2, 0.25) is 5.95 Å². The Bertz CT molecular complexity index is 932. The average Bonchev–Trinajstić information content (AvgIpc) is 3.03. The van der Waals surface area contributed by atoms with Crippen LogP contribution < -0.4 is 10.2 Å². The van der Waals surface area contributed by atoms with Gasteiger partial charge in [0.1, 0.15) is 5.69 Å². The molecule has 0 atom stereocenters. The van der Waals surface area contributed by atoms with Crippen LogP contribution in [0.1, 0.15) is 21.6 Å². The standard InChI is InChI=1S/C17H16F3N5O/c1-25(2)16-22-8-12(9-23-16)15(26)21-7-10-3-4-13-11(5-10)6-14(24-13)17(18,19)20/h3-6,8-9,24H,7H2,1-2H3,(H,21,26). The van der Waals surface area contributed by atoms with Gasteiger partial charge >= 0.3 is 6.18 Å². The Morgan fingerprint density at radius 3 is 2.50 bits per heavy atom. The van der Waals surface area contributed by atoms with Crippen LogP contribution in [0.4, 0.5) is 19.1 Å². The van der Waals surface area contributed by atoms with E-state index in [0.29, 0.717) is 28.0 Å². The van der Waals surface area contributed by atoms with Gasteiger partial charge in [0.15, 0.2) is 0 Å². The van der Waals surface area contributed by atoms with Crippen molar-refractivity contribution in [3.63, 3.8) is 0 Å². The molecular formula is C17H16F3N5O. The van der Waals surface area contributed by atoms with Crippen LogP contribution in [0.25, 0.3) is 10.9 Å². The van der Waals surface area contributed by atoms with E-state index < -0.39 is 11.9 Å². The zero-order valence-electron chi connectivity index (χ0n) is 14.1. The lowest BCUT2D eigenvalue weighted by Crippen LogP contribution is -2.23. The Balaban J connectivity index is 1.69. The summed E-state index contributed by atoms with van der Waals surface area (Å²) in [6.45, 7) is 0.177. The number of carbonyl (C=O) groups is 1. The van der Waals surface area contributed by atoms with Crippen molar-refractivity contribution in [2.24, 2.45) is 0 Å². The van der Waals surface area contributed by atoms with Crippen LogP contribution in [0.2, 0.25) is 0 Å². The van der Waals surface area contributed by atoms with E-state index in [-0.39, 0.29) is 12.5 Å². The molecule has 26 heavy (non-hydrogen) atoms. The molecular weight excluding hydrogens is 347 g/mol. The fraction of sp³-hybridized carbons (Fsp3) is 0.235. The Morgan fingerprint density at radius 1 is 1.19 bits per heavy atom. The van der Waals surface area contributed by atoms with Gasteiger partial charge in [-0.2, -0.15) is 13.2 Å². The quantitative estimate of drug-likeness (QED) is 0.747. The number of amides is 1. The lowest BCUT2D eigenvalue weighted by Gasteiger charge is -2.10. The van der Waals surface area contributed by atoms with Gasteiger partial charge in [-0.25, -0.2) is 9.97 Å². The number of hydrogen-bond donors (Lipinski definition) is 2. The zero-order valence-corrected chi connectivity index (χ0v) is 14.1. The van der Waals surface area contributed by atoms with E-state index in [1.165, 1.54) is 12.4 Å². The molecule has 1 aromatic carbocycles. The van der Waals surface area contributed by atoms with Gasteiger partial charge < -0.3 is 15.2 Å². The maximum Gasteiger partial charge on any atom is 0.431 e. The number of alkyl halides is 3. The molecule has 3 aromatic rings. The van der Waals surface area contributed by atoms with E-state index in [4.69, 9.17) is 0 Å². The first-order chi connectivity index (χ1) is 12.2. The van der Waals surface area contributed by atoms with Crippen molar-refractivity contribution in [1.29, 1.82) is 0 Å². The summed E-state index contributed by atoms with van der Waals surface area (Å²) >= 11 is 0. The molecule has 0 unspecified atom stereocenters. The summed E-state index contributed by atoms with van der Waals surface area (Å²) in [5.41, 5.74) is 0.578. The molecule has 0 saturated carbocycles. The minimum Gasteiger partial charge on any atom is -0.351 e. The zero-order chi connectivity index (χ0) is 18.9. The normalized spacial score (nSPS) is 11.6. The lowest BCUT2D eigenvalue weighted by molar-refractivity contribution is -0.140. The minimum absolute atomic E-state index is 0.177. The second-order valence-electron chi connectivity index (χ2n) is 5.95. The number of nitrogens with one attached hydrogen (secondary N) is 2. The number of fused-ring (bicyclic) bond motifs is 1. The number of nitrogens with zero attached hydrogens (tertiary/aromatic N) is 3. The summed E-state index contributed by atoms with van der Waals surface area (Å²) in [5, 5.41) is 3.13. The molecule has 0 bridgehead atoms. The molecule has 0 aliphatic carbocycles. The number of halogens is 3. The van der Waals surface area contributed by atoms with Crippen molar-refractivity contribution >= 4 is 22.8 Å². The van der Waals surface area contributed by atoms with Crippen molar-refractivity contribution in [1.82, 2.24) is 20.3 Å². The van der Waals surface area contributed by atoms with E-state index in [0.717, 1.165) is 6.07 Å². The van der Waals surface area contributed by atoms with Crippen molar-refractivity contribution in [2.75, 3.05) is 19.0 Å². The fourth-order valence-corrected chi connectivity index (χ4v) is 2.40.